The second kappa shape index (κ2) is 9.95. The van der Waals surface area contributed by atoms with Crippen LogP contribution < -0.4 is 16.0 Å². The molecular formula is C25H32ClN5O3. The van der Waals surface area contributed by atoms with E-state index >= 15 is 0 Å². The Hall–Kier alpha value is -2.60. The van der Waals surface area contributed by atoms with Crippen LogP contribution in [0, 0.1) is 23.2 Å². The van der Waals surface area contributed by atoms with Crippen LogP contribution in [0.25, 0.3) is 10.9 Å². The van der Waals surface area contributed by atoms with Crippen molar-refractivity contribution in [3.05, 3.63) is 35.0 Å². The van der Waals surface area contributed by atoms with Gasteiger partial charge in [-0.25, -0.2) is 0 Å². The highest BCUT2D eigenvalue weighted by atomic mass is 35.5. The molecule has 5 N–H and O–H groups in total. The van der Waals surface area contributed by atoms with Gasteiger partial charge < -0.3 is 20.7 Å². The fourth-order valence-corrected chi connectivity index (χ4v) is 4.89. The predicted octanol–water partition coefficient (Wildman–Crippen LogP) is 3.21. The number of nitrogens with zero attached hydrogens (tertiary/aromatic N) is 1. The average Bonchev–Trinajstić information content (AvgIpc) is 3.48. The zero-order valence-electron chi connectivity index (χ0n) is 19.5. The summed E-state index contributed by atoms with van der Waals surface area (Å²) in [5.74, 6) is -0.513. The number of fused-ring (bicyclic) bond motifs is 1. The molecule has 2 aliphatic rings. The van der Waals surface area contributed by atoms with E-state index in [1.54, 1.807) is 12.1 Å². The van der Waals surface area contributed by atoms with E-state index in [0.717, 1.165) is 31.1 Å². The lowest BCUT2D eigenvalue weighted by molar-refractivity contribution is -0.123. The maximum Gasteiger partial charge on any atom is 0.268 e. The highest BCUT2D eigenvalue weighted by Crippen LogP contribution is 2.34. The Morgan fingerprint density at radius 3 is 2.68 bits per heavy atom. The Morgan fingerprint density at radius 1 is 1.26 bits per heavy atom. The minimum Gasteiger partial charge on any atom is -0.378 e. The van der Waals surface area contributed by atoms with Gasteiger partial charge in [-0.05, 0) is 57.6 Å². The van der Waals surface area contributed by atoms with E-state index in [-0.39, 0.29) is 17.4 Å². The van der Waals surface area contributed by atoms with Crippen LogP contribution in [-0.2, 0) is 4.79 Å². The van der Waals surface area contributed by atoms with Crippen molar-refractivity contribution in [1.82, 2.24) is 20.9 Å². The number of amides is 2. The molecule has 1 aliphatic carbocycles. The molecule has 182 valence electrons. The predicted molar refractivity (Wildman–Crippen MR) is 130 cm³/mol. The fourth-order valence-electron chi connectivity index (χ4n) is 4.66. The number of aliphatic hydroxyl groups excluding tert-OH is 1. The van der Waals surface area contributed by atoms with E-state index in [2.05, 4.69) is 27.0 Å². The standard InChI is InChI=1S/C25H32ClN5O3/c1-25(2)9-8-16(22(32)31-25)11-17(13-27)28-23(33)19(10-14-6-7-14)30-24(34)20-12-15-4-3-5-18(26)21(15)29-20/h3-5,12,14,16-17,19,22,29,31-32H,6-11H2,1-2H3,(H,28,33)(H,30,34). The number of carbonyl (C=O) groups is 2. The molecule has 1 aromatic carbocycles. The number of aliphatic hydroxyl groups is 1. The lowest BCUT2D eigenvalue weighted by Crippen LogP contribution is -2.55. The third-order valence-electron chi connectivity index (χ3n) is 6.87. The largest absolute Gasteiger partial charge is 0.378 e. The summed E-state index contributed by atoms with van der Waals surface area (Å²) in [6.45, 7) is 4.06. The Bertz CT molecular complexity index is 1100. The summed E-state index contributed by atoms with van der Waals surface area (Å²) in [7, 11) is 0. The van der Waals surface area contributed by atoms with Gasteiger partial charge in [-0.1, -0.05) is 36.6 Å². The number of piperidine rings is 1. The van der Waals surface area contributed by atoms with E-state index in [0.29, 0.717) is 35.0 Å². The summed E-state index contributed by atoms with van der Waals surface area (Å²) in [4.78, 5) is 29.1. The fraction of sp³-hybridized carbons (Fsp3) is 0.560. The van der Waals surface area contributed by atoms with E-state index in [1.165, 1.54) is 0 Å². The molecule has 2 heterocycles. The van der Waals surface area contributed by atoms with Gasteiger partial charge in [-0.2, -0.15) is 5.26 Å². The van der Waals surface area contributed by atoms with Gasteiger partial charge in [0.05, 0.1) is 16.6 Å². The van der Waals surface area contributed by atoms with Crippen LogP contribution in [0.2, 0.25) is 5.02 Å². The monoisotopic (exact) mass is 485 g/mol. The van der Waals surface area contributed by atoms with Gasteiger partial charge in [0.2, 0.25) is 5.91 Å². The van der Waals surface area contributed by atoms with Gasteiger partial charge in [-0.15, -0.1) is 0 Å². The van der Waals surface area contributed by atoms with Gasteiger partial charge in [0.25, 0.3) is 5.91 Å². The molecule has 4 atom stereocenters. The van der Waals surface area contributed by atoms with Gasteiger partial charge >= 0.3 is 0 Å². The molecule has 0 spiro atoms. The van der Waals surface area contributed by atoms with Crippen LogP contribution in [0.5, 0.6) is 0 Å². The SMILES string of the molecule is CC1(C)CCC(CC(C#N)NC(=O)C(CC2CC2)NC(=O)c2cc3cccc(Cl)c3[nH]2)C(O)N1. The van der Waals surface area contributed by atoms with Crippen molar-refractivity contribution >= 4 is 34.3 Å². The summed E-state index contributed by atoms with van der Waals surface area (Å²) < 4.78 is 0. The molecule has 0 bridgehead atoms. The molecule has 34 heavy (non-hydrogen) atoms. The van der Waals surface area contributed by atoms with Gasteiger partial charge in [-0.3, -0.25) is 14.9 Å². The minimum atomic E-state index is -0.749. The quantitative estimate of drug-likeness (QED) is 0.392. The van der Waals surface area contributed by atoms with Gasteiger partial charge in [0.1, 0.15) is 24.0 Å². The zero-order valence-corrected chi connectivity index (χ0v) is 20.3. The van der Waals surface area contributed by atoms with Crippen molar-refractivity contribution in [3.8, 4) is 6.07 Å². The average molecular weight is 486 g/mol. The zero-order chi connectivity index (χ0) is 24.5. The highest BCUT2D eigenvalue weighted by molar-refractivity contribution is 6.35. The molecule has 1 saturated heterocycles. The van der Waals surface area contributed by atoms with Gasteiger partial charge in [0, 0.05) is 16.8 Å². The molecule has 1 aliphatic heterocycles. The Balaban J connectivity index is 1.41. The molecule has 8 nitrogen and oxygen atoms in total. The molecule has 4 rings (SSSR count). The van der Waals surface area contributed by atoms with E-state index < -0.39 is 24.2 Å². The molecule has 2 fully saturated rings. The lowest BCUT2D eigenvalue weighted by atomic mass is 9.83. The lowest BCUT2D eigenvalue weighted by Gasteiger charge is -2.40. The Labute approximate surface area is 204 Å². The second-order valence-electron chi connectivity index (χ2n) is 10.3. The first kappa shape index (κ1) is 24.5. The van der Waals surface area contributed by atoms with E-state index in [9.17, 15) is 20.0 Å². The molecule has 2 amide bonds. The van der Waals surface area contributed by atoms with Crippen molar-refractivity contribution in [2.24, 2.45) is 11.8 Å². The number of aromatic nitrogens is 1. The molecule has 1 saturated carbocycles. The summed E-state index contributed by atoms with van der Waals surface area (Å²) >= 11 is 6.21. The molecule has 4 unspecified atom stereocenters. The summed E-state index contributed by atoms with van der Waals surface area (Å²) in [6, 6.07) is 7.78. The number of carbonyl (C=O) groups excluding carboxylic acids is 2. The Kier molecular flexibility index (Phi) is 7.17. The number of H-pyrrole nitrogens is 1. The third kappa shape index (κ3) is 5.90. The number of halogens is 1. The normalized spacial score (nSPS) is 23.6. The molecule has 1 aromatic heterocycles. The van der Waals surface area contributed by atoms with Crippen LogP contribution in [-0.4, -0.2) is 45.8 Å². The summed E-state index contributed by atoms with van der Waals surface area (Å²) in [5.41, 5.74) is 0.839. The number of nitrogens with one attached hydrogen (secondary N) is 4. The number of para-hydroxylation sites is 1. The molecule has 9 heteroatoms. The summed E-state index contributed by atoms with van der Waals surface area (Å²) in [6.07, 6.45) is 3.83. The highest BCUT2D eigenvalue weighted by Gasteiger charge is 2.36. The number of nitriles is 1. The third-order valence-corrected chi connectivity index (χ3v) is 7.19. The van der Waals surface area contributed by atoms with E-state index in [1.807, 2.05) is 26.0 Å². The topological polar surface area (TPSA) is 130 Å². The van der Waals surface area contributed by atoms with Crippen LogP contribution in [0.3, 0.4) is 0 Å². The van der Waals surface area contributed by atoms with Crippen molar-refractivity contribution in [3.63, 3.8) is 0 Å². The first-order valence-corrected chi connectivity index (χ1v) is 12.3. The number of aromatic amines is 1. The van der Waals surface area contributed by atoms with Crippen molar-refractivity contribution in [2.75, 3.05) is 0 Å². The van der Waals surface area contributed by atoms with E-state index in [4.69, 9.17) is 11.6 Å². The smallest absolute Gasteiger partial charge is 0.268 e. The maximum absolute atomic E-state index is 13.1. The van der Waals surface area contributed by atoms with Crippen molar-refractivity contribution in [2.45, 2.75) is 76.2 Å². The van der Waals surface area contributed by atoms with Gasteiger partial charge in [0.15, 0.2) is 0 Å². The first-order chi connectivity index (χ1) is 16.1. The van der Waals surface area contributed by atoms with Crippen LogP contribution >= 0.6 is 11.6 Å². The van der Waals surface area contributed by atoms with Crippen LogP contribution in [0.15, 0.2) is 24.3 Å². The summed E-state index contributed by atoms with van der Waals surface area (Å²) in [5, 5.41) is 30.2. The maximum atomic E-state index is 13.1. The van der Waals surface area contributed by atoms with Crippen LogP contribution in [0.1, 0.15) is 62.9 Å². The number of hydrogen-bond acceptors (Lipinski definition) is 5. The van der Waals surface area contributed by atoms with Crippen LogP contribution in [0.4, 0.5) is 0 Å². The first-order valence-electron chi connectivity index (χ1n) is 11.9. The number of benzene rings is 1. The number of rotatable bonds is 8. The Morgan fingerprint density at radius 2 is 2.03 bits per heavy atom. The molecule has 0 radical (unpaired) electrons. The molecule has 2 aromatic rings. The van der Waals surface area contributed by atoms with Crippen molar-refractivity contribution < 1.29 is 14.7 Å². The minimum absolute atomic E-state index is 0.134. The molecular weight excluding hydrogens is 454 g/mol. The number of hydrogen-bond donors (Lipinski definition) is 5. The van der Waals surface area contributed by atoms with Crippen molar-refractivity contribution in [1.29, 1.82) is 5.26 Å². The second-order valence-corrected chi connectivity index (χ2v) is 10.7.